The zero-order valence-electron chi connectivity index (χ0n) is 14.5. The molecule has 1 atom stereocenters. The van der Waals surface area contributed by atoms with Crippen LogP contribution in [-0.4, -0.2) is 23.6 Å². The number of rotatable bonds is 4. The van der Waals surface area contributed by atoms with Gasteiger partial charge in [-0.25, -0.2) is 0 Å². The van der Waals surface area contributed by atoms with Crippen molar-refractivity contribution in [2.45, 2.75) is 36.8 Å². The number of hydrogen-bond acceptors (Lipinski definition) is 3. The molecule has 130 valence electrons. The first-order valence-corrected chi connectivity index (χ1v) is 9.36. The molecule has 4 nitrogen and oxygen atoms in total. The lowest BCUT2D eigenvalue weighted by atomic mass is 10.0. The summed E-state index contributed by atoms with van der Waals surface area (Å²) in [5.41, 5.74) is 3.06. The predicted molar refractivity (Wildman–Crippen MR) is 103 cm³/mol. The minimum atomic E-state index is -0.169. The van der Waals surface area contributed by atoms with E-state index in [4.69, 9.17) is 0 Å². The van der Waals surface area contributed by atoms with Gasteiger partial charge in [-0.05, 0) is 55.7 Å². The lowest BCUT2D eigenvalue weighted by Gasteiger charge is -2.31. The van der Waals surface area contributed by atoms with Crippen molar-refractivity contribution in [1.29, 1.82) is 0 Å². The van der Waals surface area contributed by atoms with Gasteiger partial charge >= 0.3 is 0 Å². The lowest BCUT2D eigenvalue weighted by molar-refractivity contribution is -0.118. The van der Waals surface area contributed by atoms with Crippen LogP contribution in [0.4, 0.5) is 11.4 Å². The van der Waals surface area contributed by atoms with Gasteiger partial charge in [0.1, 0.15) is 0 Å². The number of para-hydroxylation sites is 1. The average molecular weight is 354 g/mol. The van der Waals surface area contributed by atoms with E-state index in [-0.39, 0.29) is 17.1 Å². The molecule has 1 N–H and O–H groups in total. The Labute approximate surface area is 152 Å². The highest BCUT2D eigenvalue weighted by molar-refractivity contribution is 8.00. The van der Waals surface area contributed by atoms with Crippen molar-refractivity contribution in [3.05, 3.63) is 54.1 Å². The Morgan fingerprint density at radius 3 is 2.56 bits per heavy atom. The summed E-state index contributed by atoms with van der Waals surface area (Å²) in [5.74, 6) is 0.0517. The summed E-state index contributed by atoms with van der Waals surface area (Å²) in [5, 5.41) is 2.58. The van der Waals surface area contributed by atoms with Crippen LogP contribution in [0, 0.1) is 0 Å². The van der Waals surface area contributed by atoms with Gasteiger partial charge in [0, 0.05) is 29.7 Å². The van der Waals surface area contributed by atoms with Crippen LogP contribution in [0.2, 0.25) is 0 Å². The van der Waals surface area contributed by atoms with Gasteiger partial charge in [-0.1, -0.05) is 18.2 Å². The Bertz CT molecular complexity index is 774. The second-order valence-electron chi connectivity index (χ2n) is 6.19. The Morgan fingerprint density at radius 1 is 1.12 bits per heavy atom. The number of anilines is 2. The number of amides is 2. The SMILES string of the molecule is CC(=O)Nc1ccc(S[C@@H](C)C(=O)N2CCCc3ccccc32)cc1. The molecular formula is C20H22N2O2S. The second kappa shape index (κ2) is 7.74. The van der Waals surface area contributed by atoms with Crippen molar-refractivity contribution < 1.29 is 9.59 Å². The number of aryl methyl sites for hydroxylation is 1. The molecule has 0 saturated heterocycles. The fraction of sp³-hybridized carbons (Fsp3) is 0.300. The minimum Gasteiger partial charge on any atom is -0.326 e. The van der Waals surface area contributed by atoms with Gasteiger partial charge < -0.3 is 10.2 Å². The molecule has 0 saturated carbocycles. The van der Waals surface area contributed by atoms with E-state index in [1.165, 1.54) is 12.5 Å². The topological polar surface area (TPSA) is 49.4 Å². The van der Waals surface area contributed by atoms with Crippen LogP contribution in [0.15, 0.2) is 53.4 Å². The van der Waals surface area contributed by atoms with Crippen molar-refractivity contribution >= 4 is 35.0 Å². The minimum absolute atomic E-state index is 0.0901. The van der Waals surface area contributed by atoms with Crippen molar-refractivity contribution in [3.8, 4) is 0 Å². The summed E-state index contributed by atoms with van der Waals surface area (Å²) in [4.78, 5) is 26.9. The molecule has 1 aliphatic rings. The highest BCUT2D eigenvalue weighted by atomic mass is 32.2. The summed E-state index contributed by atoms with van der Waals surface area (Å²) in [7, 11) is 0. The number of thioether (sulfide) groups is 1. The largest absolute Gasteiger partial charge is 0.326 e. The highest BCUT2D eigenvalue weighted by Gasteiger charge is 2.26. The molecule has 0 unspecified atom stereocenters. The zero-order chi connectivity index (χ0) is 17.8. The predicted octanol–water partition coefficient (Wildman–Crippen LogP) is 4.11. The first-order chi connectivity index (χ1) is 12.0. The number of hydrogen-bond donors (Lipinski definition) is 1. The van der Waals surface area contributed by atoms with E-state index < -0.39 is 0 Å². The van der Waals surface area contributed by atoms with Crippen molar-refractivity contribution in [1.82, 2.24) is 0 Å². The highest BCUT2D eigenvalue weighted by Crippen LogP contribution is 2.31. The van der Waals surface area contributed by atoms with Crippen molar-refractivity contribution in [2.24, 2.45) is 0 Å². The number of benzene rings is 2. The summed E-state index contributed by atoms with van der Waals surface area (Å²) in [6.07, 6.45) is 2.04. The van der Waals surface area contributed by atoms with Crippen LogP contribution in [-0.2, 0) is 16.0 Å². The molecule has 2 aromatic carbocycles. The second-order valence-corrected chi connectivity index (χ2v) is 7.60. The average Bonchev–Trinajstić information content (AvgIpc) is 2.62. The van der Waals surface area contributed by atoms with Crippen LogP contribution in [0.1, 0.15) is 25.8 Å². The van der Waals surface area contributed by atoms with Crippen molar-refractivity contribution in [3.63, 3.8) is 0 Å². The fourth-order valence-electron chi connectivity index (χ4n) is 3.06. The lowest BCUT2D eigenvalue weighted by Crippen LogP contribution is -2.40. The molecule has 0 radical (unpaired) electrons. The van der Waals surface area contributed by atoms with E-state index in [0.29, 0.717) is 0 Å². The number of nitrogens with zero attached hydrogens (tertiary/aromatic N) is 1. The van der Waals surface area contributed by atoms with Crippen LogP contribution in [0.5, 0.6) is 0 Å². The molecule has 0 aliphatic carbocycles. The molecule has 0 spiro atoms. The van der Waals surface area contributed by atoms with Gasteiger partial charge in [0.25, 0.3) is 0 Å². The van der Waals surface area contributed by atoms with Gasteiger partial charge in [0.05, 0.1) is 5.25 Å². The molecule has 25 heavy (non-hydrogen) atoms. The van der Waals surface area contributed by atoms with Gasteiger partial charge in [-0.15, -0.1) is 11.8 Å². The molecule has 0 fully saturated rings. The van der Waals surface area contributed by atoms with Gasteiger partial charge in [-0.2, -0.15) is 0 Å². The summed E-state index contributed by atoms with van der Waals surface area (Å²) >= 11 is 1.54. The van der Waals surface area contributed by atoms with E-state index in [2.05, 4.69) is 11.4 Å². The quantitative estimate of drug-likeness (QED) is 0.841. The third kappa shape index (κ3) is 4.23. The molecule has 1 heterocycles. The van der Waals surface area contributed by atoms with Crippen LogP contribution in [0.3, 0.4) is 0 Å². The number of fused-ring (bicyclic) bond motifs is 1. The maximum atomic E-state index is 12.9. The molecular weight excluding hydrogens is 332 g/mol. The Hall–Kier alpha value is -2.27. The molecule has 3 rings (SSSR count). The number of nitrogens with one attached hydrogen (secondary N) is 1. The summed E-state index contributed by atoms with van der Waals surface area (Å²) < 4.78 is 0. The van der Waals surface area contributed by atoms with E-state index >= 15 is 0 Å². The van der Waals surface area contributed by atoms with Crippen LogP contribution < -0.4 is 10.2 Å². The Balaban J connectivity index is 1.68. The first-order valence-electron chi connectivity index (χ1n) is 8.48. The van der Waals surface area contributed by atoms with E-state index in [1.54, 1.807) is 11.8 Å². The van der Waals surface area contributed by atoms with E-state index in [1.807, 2.05) is 54.3 Å². The maximum absolute atomic E-state index is 12.9. The smallest absolute Gasteiger partial charge is 0.240 e. The zero-order valence-corrected chi connectivity index (χ0v) is 15.3. The Morgan fingerprint density at radius 2 is 1.84 bits per heavy atom. The summed E-state index contributed by atoms with van der Waals surface area (Å²) in [6.45, 7) is 4.22. The molecule has 2 aromatic rings. The van der Waals surface area contributed by atoms with Crippen LogP contribution in [0.25, 0.3) is 0 Å². The summed E-state index contributed by atoms with van der Waals surface area (Å²) in [6, 6.07) is 15.7. The molecule has 0 aromatic heterocycles. The molecule has 2 amide bonds. The maximum Gasteiger partial charge on any atom is 0.240 e. The Kier molecular flexibility index (Phi) is 5.43. The van der Waals surface area contributed by atoms with Gasteiger partial charge in [-0.3, -0.25) is 9.59 Å². The third-order valence-electron chi connectivity index (χ3n) is 4.21. The first kappa shape index (κ1) is 17.5. The van der Waals surface area contributed by atoms with Crippen molar-refractivity contribution in [2.75, 3.05) is 16.8 Å². The normalized spacial score (nSPS) is 14.6. The van der Waals surface area contributed by atoms with E-state index in [0.717, 1.165) is 35.7 Å². The van der Waals surface area contributed by atoms with Gasteiger partial charge in [0.15, 0.2) is 0 Å². The molecule has 1 aliphatic heterocycles. The van der Waals surface area contributed by atoms with Crippen LogP contribution >= 0.6 is 11.8 Å². The van der Waals surface area contributed by atoms with E-state index in [9.17, 15) is 9.59 Å². The number of carbonyl (C=O) groups is 2. The standard InChI is InChI=1S/C20H22N2O2S/c1-14(25-18-11-9-17(10-12-18)21-15(2)23)20(24)22-13-5-7-16-6-3-4-8-19(16)22/h3-4,6,8-12,14H,5,7,13H2,1-2H3,(H,21,23)/t14-/m0/s1. The number of carbonyl (C=O) groups excluding carboxylic acids is 2. The third-order valence-corrected chi connectivity index (χ3v) is 5.31. The fourth-order valence-corrected chi connectivity index (χ4v) is 3.99. The molecule has 5 heteroatoms. The van der Waals surface area contributed by atoms with Gasteiger partial charge in [0.2, 0.25) is 11.8 Å². The monoisotopic (exact) mass is 354 g/mol. The molecule has 0 bridgehead atoms.